The molecule has 0 spiro atoms. The van der Waals surface area contributed by atoms with E-state index in [9.17, 15) is 9.59 Å². The zero-order chi connectivity index (χ0) is 14.4. The van der Waals surface area contributed by atoms with Gasteiger partial charge in [-0.15, -0.1) is 0 Å². The van der Waals surface area contributed by atoms with Crippen LogP contribution in [0.2, 0.25) is 0 Å². The summed E-state index contributed by atoms with van der Waals surface area (Å²) < 4.78 is 10.4. The van der Waals surface area contributed by atoms with Crippen molar-refractivity contribution in [3.05, 3.63) is 22.3 Å². The van der Waals surface area contributed by atoms with Crippen LogP contribution in [0.5, 0.6) is 0 Å². The third-order valence-electron chi connectivity index (χ3n) is 2.45. The number of carbonyl (C=O) groups is 2. The molecule has 6 heteroatoms. The second-order valence-electron chi connectivity index (χ2n) is 4.44. The molecule has 0 saturated carbocycles. The molecule has 1 aliphatic rings. The molecule has 0 amide bonds. The lowest BCUT2D eigenvalue weighted by Crippen LogP contribution is -2.13. The number of ether oxygens (including phenoxy) is 2. The second kappa shape index (κ2) is 7.65. The highest BCUT2D eigenvalue weighted by atomic mass is 33.1. The molecule has 1 unspecified atom stereocenters. The maximum absolute atomic E-state index is 11.6. The summed E-state index contributed by atoms with van der Waals surface area (Å²) in [5.74, 6) is -0.790. The second-order valence-corrected chi connectivity index (χ2v) is 6.58. The number of rotatable bonds is 5. The van der Waals surface area contributed by atoms with Crippen LogP contribution in [0.15, 0.2) is 22.3 Å². The Morgan fingerprint density at radius 1 is 1.05 bits per heavy atom. The van der Waals surface area contributed by atoms with Crippen molar-refractivity contribution in [1.82, 2.24) is 0 Å². The third kappa shape index (κ3) is 5.32. The molecule has 0 bridgehead atoms. The fourth-order valence-electron chi connectivity index (χ4n) is 0.959. The normalized spacial score (nSPS) is 16.5. The van der Waals surface area contributed by atoms with Gasteiger partial charge in [-0.05, 0) is 40.2 Å². The van der Waals surface area contributed by atoms with Crippen molar-refractivity contribution >= 4 is 33.5 Å². The van der Waals surface area contributed by atoms with Gasteiger partial charge >= 0.3 is 11.9 Å². The summed E-state index contributed by atoms with van der Waals surface area (Å²) in [6, 6.07) is 0. The molecule has 0 N–H and O–H groups in total. The Labute approximate surface area is 121 Å². The number of esters is 2. The molecule has 19 heavy (non-hydrogen) atoms. The highest BCUT2D eigenvalue weighted by Crippen LogP contribution is 2.41. The Morgan fingerprint density at radius 3 is 1.89 bits per heavy atom. The van der Waals surface area contributed by atoms with E-state index in [2.05, 4.69) is 0 Å². The van der Waals surface area contributed by atoms with Gasteiger partial charge in [0.25, 0.3) is 0 Å². The summed E-state index contributed by atoms with van der Waals surface area (Å²) >= 11 is 0. The standard InChI is InChI=1S/C13H18O4S2/c1-5-9(4)13(15)17-11-7-6-10(18-19-11)16-12(14)8(2)3/h6-9H,5H2,1-4H3. The highest BCUT2D eigenvalue weighted by molar-refractivity contribution is 8.79. The van der Waals surface area contributed by atoms with Crippen LogP contribution >= 0.6 is 21.6 Å². The minimum absolute atomic E-state index is 0.115. The zero-order valence-electron chi connectivity index (χ0n) is 11.5. The Morgan fingerprint density at radius 2 is 1.53 bits per heavy atom. The fourth-order valence-corrected chi connectivity index (χ4v) is 2.63. The van der Waals surface area contributed by atoms with Crippen molar-refractivity contribution in [3.63, 3.8) is 0 Å². The highest BCUT2D eigenvalue weighted by Gasteiger charge is 2.19. The van der Waals surface area contributed by atoms with Crippen molar-refractivity contribution in [2.45, 2.75) is 34.1 Å². The van der Waals surface area contributed by atoms with E-state index in [0.717, 1.165) is 6.42 Å². The number of hydrogen-bond acceptors (Lipinski definition) is 6. The van der Waals surface area contributed by atoms with Gasteiger partial charge in [-0.3, -0.25) is 9.59 Å². The maximum Gasteiger partial charge on any atom is 0.314 e. The van der Waals surface area contributed by atoms with Gasteiger partial charge in [-0.1, -0.05) is 27.7 Å². The van der Waals surface area contributed by atoms with Gasteiger partial charge in [0.15, 0.2) is 10.2 Å². The summed E-state index contributed by atoms with van der Waals surface area (Å²) in [7, 11) is 2.54. The molecule has 0 aromatic rings. The van der Waals surface area contributed by atoms with E-state index >= 15 is 0 Å². The van der Waals surface area contributed by atoms with Crippen molar-refractivity contribution in [2.75, 3.05) is 0 Å². The first-order valence-electron chi connectivity index (χ1n) is 6.14. The van der Waals surface area contributed by atoms with E-state index in [4.69, 9.17) is 9.47 Å². The Bertz CT molecular complexity index is 413. The van der Waals surface area contributed by atoms with Crippen molar-refractivity contribution in [3.8, 4) is 0 Å². The summed E-state index contributed by atoms with van der Waals surface area (Å²) in [5, 5.41) is 1.02. The molecule has 4 nitrogen and oxygen atoms in total. The molecule has 0 saturated heterocycles. The zero-order valence-corrected chi connectivity index (χ0v) is 13.1. The Hall–Kier alpha value is -0.880. The molecule has 1 heterocycles. The smallest absolute Gasteiger partial charge is 0.314 e. The van der Waals surface area contributed by atoms with Gasteiger partial charge in [0.05, 0.1) is 11.8 Å². The van der Waals surface area contributed by atoms with Crippen LogP contribution in [-0.4, -0.2) is 11.9 Å². The van der Waals surface area contributed by atoms with E-state index in [1.165, 1.54) is 21.6 Å². The first-order valence-corrected chi connectivity index (χ1v) is 8.28. The molecule has 0 aliphatic carbocycles. The first-order chi connectivity index (χ1) is 8.93. The van der Waals surface area contributed by atoms with Gasteiger partial charge in [0.1, 0.15) is 0 Å². The van der Waals surface area contributed by atoms with Crippen LogP contribution in [0.4, 0.5) is 0 Å². The summed E-state index contributed by atoms with van der Waals surface area (Å²) in [6.45, 7) is 7.32. The van der Waals surface area contributed by atoms with E-state index < -0.39 is 0 Å². The van der Waals surface area contributed by atoms with Crippen molar-refractivity contribution in [2.24, 2.45) is 11.8 Å². The van der Waals surface area contributed by atoms with Gasteiger partial charge < -0.3 is 9.47 Å². The summed E-state index contributed by atoms with van der Waals surface area (Å²) in [6.07, 6.45) is 4.03. The quantitative estimate of drug-likeness (QED) is 0.568. The predicted octanol–water partition coefficient (Wildman–Crippen LogP) is 3.85. The molecule has 0 aromatic heterocycles. The van der Waals surface area contributed by atoms with Crippen LogP contribution in [-0.2, 0) is 19.1 Å². The van der Waals surface area contributed by atoms with Crippen LogP contribution in [0.25, 0.3) is 0 Å². The molecule has 1 atom stereocenters. The molecule has 1 aliphatic heterocycles. The largest absolute Gasteiger partial charge is 0.418 e. The molecular weight excluding hydrogens is 284 g/mol. The predicted molar refractivity (Wildman–Crippen MR) is 77.8 cm³/mol. The van der Waals surface area contributed by atoms with Gasteiger partial charge in [-0.25, -0.2) is 0 Å². The van der Waals surface area contributed by atoms with Crippen LogP contribution in [0, 0.1) is 11.8 Å². The minimum Gasteiger partial charge on any atom is -0.418 e. The first kappa shape index (κ1) is 16.2. The van der Waals surface area contributed by atoms with Crippen LogP contribution < -0.4 is 0 Å². The van der Waals surface area contributed by atoms with E-state index in [1.807, 2.05) is 13.8 Å². The van der Waals surface area contributed by atoms with Crippen LogP contribution in [0.3, 0.4) is 0 Å². The average Bonchev–Trinajstić information content (AvgIpc) is 2.39. The summed E-state index contributed by atoms with van der Waals surface area (Å²) in [5.41, 5.74) is 0. The fraction of sp³-hybridized carbons (Fsp3) is 0.538. The van der Waals surface area contributed by atoms with E-state index in [-0.39, 0.29) is 23.8 Å². The molecular formula is C13H18O4S2. The molecule has 106 valence electrons. The molecule has 0 radical (unpaired) electrons. The van der Waals surface area contributed by atoms with Crippen molar-refractivity contribution in [1.29, 1.82) is 0 Å². The van der Waals surface area contributed by atoms with E-state index in [0.29, 0.717) is 10.2 Å². The monoisotopic (exact) mass is 302 g/mol. The summed E-state index contributed by atoms with van der Waals surface area (Å²) in [4.78, 5) is 23.0. The number of hydrogen-bond donors (Lipinski definition) is 0. The lowest BCUT2D eigenvalue weighted by molar-refractivity contribution is -0.143. The topological polar surface area (TPSA) is 52.6 Å². The number of allylic oxidation sites excluding steroid dienone is 2. The Balaban J connectivity index is 2.54. The third-order valence-corrected chi connectivity index (χ3v) is 4.54. The lowest BCUT2D eigenvalue weighted by atomic mass is 10.1. The van der Waals surface area contributed by atoms with Gasteiger partial charge in [0, 0.05) is 0 Å². The lowest BCUT2D eigenvalue weighted by Gasteiger charge is -2.15. The maximum atomic E-state index is 11.6. The van der Waals surface area contributed by atoms with E-state index in [1.54, 1.807) is 26.0 Å². The Kier molecular flexibility index (Phi) is 6.51. The van der Waals surface area contributed by atoms with Crippen LogP contribution in [0.1, 0.15) is 34.1 Å². The van der Waals surface area contributed by atoms with Gasteiger partial charge in [-0.2, -0.15) is 0 Å². The number of carbonyl (C=O) groups excluding carboxylic acids is 2. The molecule has 0 aromatic carbocycles. The minimum atomic E-state index is -0.271. The molecule has 0 fully saturated rings. The van der Waals surface area contributed by atoms with Gasteiger partial charge in [0.2, 0.25) is 0 Å². The molecule has 1 rings (SSSR count). The van der Waals surface area contributed by atoms with Crippen molar-refractivity contribution < 1.29 is 19.1 Å². The average molecular weight is 302 g/mol. The SMILES string of the molecule is CCC(C)C(=O)OC1=CC=C(OC(=O)C(C)C)SS1.